The van der Waals surface area contributed by atoms with E-state index in [1.807, 2.05) is 19.9 Å². The van der Waals surface area contributed by atoms with E-state index in [0.29, 0.717) is 12.0 Å². The molecule has 0 saturated carbocycles. The molecule has 6 atom stereocenters. The van der Waals surface area contributed by atoms with Crippen LogP contribution in [-0.4, -0.2) is 39.6 Å². The molecule has 1 aliphatic heterocycles. The molecular weight excluding hydrogens is 416 g/mol. The SMILES string of the molecule is CC[C@@H]1C=CC(=O)OC1[C@@H](C)C[C@@H](C)[C@@H](O)C[C@H](O)/C=C\C=C\c1cccc(O)c1Cl. The molecule has 2 rings (SSSR count). The molecule has 1 aromatic rings. The highest BCUT2D eigenvalue weighted by Crippen LogP contribution is 2.31. The number of aliphatic hydroxyl groups excluding tert-OH is 2. The van der Waals surface area contributed by atoms with Crippen LogP contribution in [0.2, 0.25) is 5.02 Å². The number of benzene rings is 1. The van der Waals surface area contributed by atoms with Gasteiger partial charge >= 0.3 is 5.97 Å². The summed E-state index contributed by atoms with van der Waals surface area (Å²) in [5.41, 5.74) is 0.673. The lowest BCUT2D eigenvalue weighted by Crippen LogP contribution is -2.36. The summed E-state index contributed by atoms with van der Waals surface area (Å²) in [7, 11) is 0. The second kappa shape index (κ2) is 12.1. The van der Waals surface area contributed by atoms with E-state index >= 15 is 0 Å². The molecule has 0 bridgehead atoms. The van der Waals surface area contributed by atoms with Crippen LogP contribution in [0.5, 0.6) is 5.75 Å². The molecule has 0 amide bonds. The summed E-state index contributed by atoms with van der Waals surface area (Å²) in [6.07, 6.45) is 10.3. The van der Waals surface area contributed by atoms with Gasteiger partial charge in [0.1, 0.15) is 11.9 Å². The molecule has 1 aliphatic rings. The second-order valence-electron chi connectivity index (χ2n) is 8.32. The van der Waals surface area contributed by atoms with Crippen LogP contribution in [0, 0.1) is 17.8 Å². The first kappa shape index (κ1) is 25.2. The van der Waals surface area contributed by atoms with Crippen molar-refractivity contribution in [3.8, 4) is 5.75 Å². The number of aromatic hydroxyl groups is 1. The molecule has 0 saturated heterocycles. The lowest BCUT2D eigenvalue weighted by atomic mass is 9.81. The molecule has 31 heavy (non-hydrogen) atoms. The maximum atomic E-state index is 11.6. The highest BCUT2D eigenvalue weighted by Gasteiger charge is 2.32. The number of carbonyl (C=O) groups is 1. The molecule has 1 aromatic carbocycles. The Hall–Kier alpha value is -2.08. The van der Waals surface area contributed by atoms with E-state index in [1.165, 1.54) is 12.1 Å². The van der Waals surface area contributed by atoms with Gasteiger partial charge in [-0.3, -0.25) is 0 Å². The van der Waals surface area contributed by atoms with E-state index < -0.39 is 12.2 Å². The van der Waals surface area contributed by atoms with E-state index in [0.717, 1.165) is 6.42 Å². The third-order valence-electron chi connectivity index (χ3n) is 5.80. The molecule has 0 aliphatic carbocycles. The molecule has 0 fully saturated rings. The Kier molecular flexibility index (Phi) is 9.82. The number of allylic oxidation sites excluding steroid dienone is 2. The van der Waals surface area contributed by atoms with Gasteiger partial charge in [0.25, 0.3) is 0 Å². The summed E-state index contributed by atoms with van der Waals surface area (Å²) in [6.45, 7) is 6.05. The molecule has 1 unspecified atom stereocenters. The quantitative estimate of drug-likeness (QED) is 0.350. The monoisotopic (exact) mass is 448 g/mol. The van der Waals surface area contributed by atoms with Crippen LogP contribution in [0.3, 0.4) is 0 Å². The number of phenols is 1. The number of carbonyl (C=O) groups excluding carboxylic acids is 1. The molecule has 0 aromatic heterocycles. The summed E-state index contributed by atoms with van der Waals surface area (Å²) >= 11 is 6.02. The van der Waals surface area contributed by atoms with Crippen molar-refractivity contribution in [3.05, 3.63) is 59.2 Å². The maximum Gasteiger partial charge on any atom is 0.330 e. The smallest absolute Gasteiger partial charge is 0.330 e. The fraction of sp³-hybridized carbons (Fsp3) is 0.480. The zero-order valence-electron chi connectivity index (χ0n) is 18.3. The highest BCUT2D eigenvalue weighted by molar-refractivity contribution is 6.33. The summed E-state index contributed by atoms with van der Waals surface area (Å²) < 4.78 is 5.53. The van der Waals surface area contributed by atoms with Gasteiger partial charge in [-0.25, -0.2) is 4.79 Å². The predicted molar refractivity (Wildman–Crippen MR) is 124 cm³/mol. The molecule has 5 nitrogen and oxygen atoms in total. The van der Waals surface area contributed by atoms with Crippen molar-refractivity contribution in [2.75, 3.05) is 0 Å². The number of ether oxygens (including phenoxy) is 1. The third kappa shape index (κ3) is 7.53. The molecule has 170 valence electrons. The number of hydrogen-bond acceptors (Lipinski definition) is 5. The Morgan fingerprint density at radius 2 is 1.94 bits per heavy atom. The van der Waals surface area contributed by atoms with Crippen molar-refractivity contribution >= 4 is 23.6 Å². The van der Waals surface area contributed by atoms with Crippen LogP contribution in [0.4, 0.5) is 0 Å². The molecule has 0 spiro atoms. The summed E-state index contributed by atoms with van der Waals surface area (Å²) in [4.78, 5) is 11.6. The van der Waals surface area contributed by atoms with E-state index in [1.54, 1.807) is 36.4 Å². The molecule has 0 radical (unpaired) electrons. The number of phenolic OH excluding ortho intramolecular Hbond substituents is 1. The van der Waals surface area contributed by atoms with Crippen LogP contribution in [0.15, 0.2) is 48.6 Å². The topological polar surface area (TPSA) is 87.0 Å². The van der Waals surface area contributed by atoms with Crippen molar-refractivity contribution in [1.82, 2.24) is 0 Å². The van der Waals surface area contributed by atoms with Gasteiger partial charge in [-0.05, 0) is 36.3 Å². The lowest BCUT2D eigenvalue weighted by molar-refractivity contribution is -0.150. The van der Waals surface area contributed by atoms with E-state index in [4.69, 9.17) is 16.3 Å². The average Bonchev–Trinajstić information content (AvgIpc) is 2.73. The molecule has 6 heteroatoms. The normalized spacial score (nSPS) is 23.1. The van der Waals surface area contributed by atoms with Gasteiger partial charge in [0, 0.05) is 18.4 Å². The number of esters is 1. The van der Waals surface area contributed by atoms with Crippen molar-refractivity contribution in [3.63, 3.8) is 0 Å². The van der Waals surface area contributed by atoms with Gasteiger partial charge in [0.15, 0.2) is 0 Å². The average molecular weight is 449 g/mol. The number of hydrogen-bond donors (Lipinski definition) is 3. The largest absolute Gasteiger partial charge is 0.506 e. The fourth-order valence-corrected chi connectivity index (χ4v) is 4.12. The van der Waals surface area contributed by atoms with E-state index in [9.17, 15) is 20.1 Å². The lowest BCUT2D eigenvalue weighted by Gasteiger charge is -2.33. The van der Waals surface area contributed by atoms with Crippen LogP contribution in [-0.2, 0) is 9.53 Å². The van der Waals surface area contributed by atoms with Crippen molar-refractivity contribution in [1.29, 1.82) is 0 Å². The Morgan fingerprint density at radius 1 is 1.19 bits per heavy atom. The van der Waals surface area contributed by atoms with Crippen LogP contribution >= 0.6 is 11.6 Å². The zero-order chi connectivity index (χ0) is 23.0. The summed E-state index contributed by atoms with van der Waals surface area (Å²) in [5, 5.41) is 30.6. The first-order valence-corrected chi connectivity index (χ1v) is 11.2. The molecule has 3 N–H and O–H groups in total. The van der Waals surface area contributed by atoms with E-state index in [-0.39, 0.29) is 47.0 Å². The Labute approximate surface area is 189 Å². The number of cyclic esters (lactones) is 1. The first-order valence-electron chi connectivity index (χ1n) is 10.8. The number of aliphatic hydroxyl groups is 2. The Balaban J connectivity index is 1.84. The van der Waals surface area contributed by atoms with Crippen LogP contribution < -0.4 is 0 Å². The third-order valence-corrected chi connectivity index (χ3v) is 6.21. The highest BCUT2D eigenvalue weighted by atomic mass is 35.5. The van der Waals surface area contributed by atoms with Crippen molar-refractivity contribution in [2.24, 2.45) is 17.8 Å². The Morgan fingerprint density at radius 3 is 2.65 bits per heavy atom. The minimum atomic E-state index is -0.795. The minimum Gasteiger partial charge on any atom is -0.506 e. The predicted octanol–water partition coefficient (Wildman–Crippen LogP) is 4.90. The Bertz CT molecular complexity index is 816. The number of halogens is 1. The zero-order valence-corrected chi connectivity index (χ0v) is 19.1. The number of rotatable bonds is 10. The molecular formula is C25H33ClO5. The van der Waals surface area contributed by atoms with Gasteiger partial charge in [0.05, 0.1) is 17.2 Å². The van der Waals surface area contributed by atoms with Gasteiger partial charge in [-0.15, -0.1) is 0 Å². The van der Waals surface area contributed by atoms with Gasteiger partial charge < -0.3 is 20.1 Å². The van der Waals surface area contributed by atoms with Crippen molar-refractivity contribution < 1.29 is 24.9 Å². The second-order valence-corrected chi connectivity index (χ2v) is 8.70. The minimum absolute atomic E-state index is 0.0171. The molecule has 1 heterocycles. The van der Waals surface area contributed by atoms with Crippen molar-refractivity contribution in [2.45, 2.75) is 58.3 Å². The first-order chi connectivity index (χ1) is 14.7. The van der Waals surface area contributed by atoms with E-state index in [2.05, 4.69) is 6.92 Å². The van der Waals surface area contributed by atoms with Gasteiger partial charge in [0.2, 0.25) is 0 Å². The summed E-state index contributed by atoms with van der Waals surface area (Å²) in [5.74, 6) is -0.0517. The maximum absolute atomic E-state index is 11.6. The van der Waals surface area contributed by atoms with Crippen LogP contribution in [0.25, 0.3) is 6.08 Å². The standard InChI is InChI=1S/C25H33ClO5/c1-4-18-12-13-23(30)31-25(18)17(3)14-16(2)22(29)15-20(27)10-6-5-8-19-9-7-11-21(28)24(19)26/h5-13,16-18,20,22,25,27-29H,4,14-15H2,1-3H3/b8-5+,10-6-/t16-,17+,18-,20-,22+,25?/m1/s1. The summed E-state index contributed by atoms with van der Waals surface area (Å²) in [6, 6.07) is 4.99. The van der Waals surface area contributed by atoms with Gasteiger partial charge in [-0.2, -0.15) is 0 Å². The fourth-order valence-electron chi connectivity index (χ4n) is 3.93. The van der Waals surface area contributed by atoms with Crippen LogP contribution in [0.1, 0.15) is 45.6 Å². The van der Waals surface area contributed by atoms with Gasteiger partial charge in [-0.1, -0.05) is 74.9 Å².